The van der Waals surface area contributed by atoms with E-state index in [1.54, 1.807) is 39.0 Å². The van der Waals surface area contributed by atoms with Crippen molar-refractivity contribution in [3.8, 4) is 5.75 Å². The molecule has 2 aliphatic heterocycles. The second-order valence-electron chi connectivity index (χ2n) is 14.0. The smallest absolute Gasteiger partial charge is 0.416 e. The van der Waals surface area contributed by atoms with Crippen LogP contribution in [0, 0.1) is 48.8 Å². The number of aromatic hydroxyl groups is 1. The Morgan fingerprint density at radius 3 is 1.94 bits per heavy atom. The Kier molecular flexibility index (Phi) is 7.99. The third kappa shape index (κ3) is 5.15. The number of alkyl halides is 6. The average Bonchev–Trinajstić information content (AvgIpc) is 3.43. The van der Waals surface area contributed by atoms with Crippen molar-refractivity contribution in [2.75, 3.05) is 9.80 Å². The summed E-state index contributed by atoms with van der Waals surface area (Å²) in [4.78, 5) is 58.2. The minimum absolute atomic E-state index is 0.00742. The highest BCUT2D eigenvalue weighted by molar-refractivity contribution is 6.32. The molecular weight excluding hydrogens is 721 g/mol. The molecule has 15 heteroatoms. The van der Waals surface area contributed by atoms with Crippen LogP contribution in [-0.2, 0) is 31.5 Å². The van der Waals surface area contributed by atoms with Gasteiger partial charge in [0.15, 0.2) is 0 Å². The number of benzene rings is 3. The minimum Gasteiger partial charge on any atom is -0.507 e. The number of phenolic OH excluding ortho intramolecular Hbond substituents is 1. The molecule has 3 aromatic rings. The molecule has 3 aromatic carbocycles. The number of hydrogen-bond acceptors (Lipinski definition) is 5. The summed E-state index contributed by atoms with van der Waals surface area (Å²) in [6.07, 6.45) is -9.11. The molecule has 3 fully saturated rings. The van der Waals surface area contributed by atoms with E-state index in [1.165, 1.54) is 6.07 Å². The van der Waals surface area contributed by atoms with Crippen molar-refractivity contribution in [3.63, 3.8) is 0 Å². The highest BCUT2D eigenvalue weighted by Crippen LogP contribution is 2.64. The minimum atomic E-state index is -5.24. The maximum atomic E-state index is 14.5. The van der Waals surface area contributed by atoms with Crippen LogP contribution in [0.15, 0.2) is 60.2 Å². The Morgan fingerprint density at radius 2 is 1.38 bits per heavy atom. The highest BCUT2D eigenvalue weighted by Gasteiger charge is 2.67. The molecule has 52 heavy (non-hydrogen) atoms. The number of allylic oxidation sites excluding steroid dienone is 2. The van der Waals surface area contributed by atoms with E-state index >= 15 is 0 Å². The molecule has 7 nitrogen and oxygen atoms in total. The number of phenols is 1. The lowest BCUT2D eigenvalue weighted by atomic mass is 9.51. The average molecular weight is 749 g/mol. The molecule has 2 saturated heterocycles. The molecule has 2 heterocycles. The van der Waals surface area contributed by atoms with Crippen molar-refractivity contribution < 1.29 is 55.0 Å². The van der Waals surface area contributed by atoms with Crippen LogP contribution in [0.3, 0.4) is 0 Å². The molecule has 0 aromatic heterocycles. The van der Waals surface area contributed by atoms with E-state index in [0.717, 1.165) is 17.0 Å². The van der Waals surface area contributed by atoms with Crippen molar-refractivity contribution in [3.05, 3.63) is 98.8 Å². The molecule has 1 N–H and O–H groups in total. The molecule has 6 unspecified atom stereocenters. The molecule has 1 saturated carbocycles. The van der Waals surface area contributed by atoms with Gasteiger partial charge in [0, 0.05) is 5.92 Å². The van der Waals surface area contributed by atoms with Gasteiger partial charge in [-0.25, -0.2) is 14.2 Å². The van der Waals surface area contributed by atoms with Crippen LogP contribution in [0.4, 0.5) is 42.1 Å². The normalized spacial score (nSPS) is 27.5. The summed E-state index contributed by atoms with van der Waals surface area (Å²) >= 11 is 6.02. The van der Waals surface area contributed by atoms with Gasteiger partial charge < -0.3 is 5.11 Å². The first-order valence-corrected chi connectivity index (χ1v) is 16.5. The largest absolute Gasteiger partial charge is 0.507 e. The Morgan fingerprint density at radius 1 is 0.788 bits per heavy atom. The molecule has 4 aliphatic rings. The van der Waals surface area contributed by atoms with Gasteiger partial charge in [0.05, 0.1) is 50.7 Å². The number of carbonyl (C=O) groups is 4. The van der Waals surface area contributed by atoms with Gasteiger partial charge in [0.1, 0.15) is 11.6 Å². The zero-order chi connectivity index (χ0) is 38.0. The maximum Gasteiger partial charge on any atom is 0.416 e. The fourth-order valence-electron chi connectivity index (χ4n) is 8.74. The Bertz CT molecular complexity index is 2090. The molecule has 2 aliphatic carbocycles. The molecule has 6 atom stereocenters. The zero-order valence-electron chi connectivity index (χ0n) is 27.5. The monoisotopic (exact) mass is 748 g/mol. The van der Waals surface area contributed by atoms with Gasteiger partial charge in [-0.1, -0.05) is 35.4 Å². The standard InChI is InChI=1S/C37H28ClF7N2O5/c1-15-8-17(9-16(2)30(15)48)29-22-5-6-23-28(33(51)46(31(23)49)21-11-18(36(40,41)42)10-19(12-21)37(43,44)45)24(22)14-25-32(50)47(34(52)35(25,29)3)20-4-7-27(39)26(38)13-20/h4-5,7-13,23-25,28-29,48H,6,14H2,1-3H3. The Hall–Kier alpha value is -4.72. The van der Waals surface area contributed by atoms with Crippen molar-refractivity contribution in [1.29, 1.82) is 0 Å². The number of halogens is 8. The van der Waals surface area contributed by atoms with Gasteiger partial charge in [-0.05, 0) is 92.6 Å². The fraction of sp³-hybridized carbons (Fsp3) is 0.351. The molecule has 0 radical (unpaired) electrons. The number of amides is 4. The van der Waals surface area contributed by atoms with Crippen molar-refractivity contribution in [2.45, 2.75) is 51.9 Å². The highest BCUT2D eigenvalue weighted by atomic mass is 35.5. The van der Waals surface area contributed by atoms with Gasteiger partial charge in [-0.15, -0.1) is 0 Å². The van der Waals surface area contributed by atoms with Crippen LogP contribution in [0.5, 0.6) is 5.75 Å². The molecular formula is C37H28ClF7N2O5. The number of hydrogen-bond donors (Lipinski definition) is 1. The molecule has 4 amide bonds. The van der Waals surface area contributed by atoms with Crippen LogP contribution >= 0.6 is 11.6 Å². The number of anilines is 2. The van der Waals surface area contributed by atoms with Crippen LogP contribution in [-0.4, -0.2) is 28.7 Å². The summed E-state index contributed by atoms with van der Waals surface area (Å²) in [5.41, 5.74) is -3.96. The summed E-state index contributed by atoms with van der Waals surface area (Å²) in [6, 6.07) is 7.15. The number of carbonyl (C=O) groups excluding carboxylic acids is 4. The lowest BCUT2D eigenvalue weighted by molar-refractivity contribution is -0.143. The van der Waals surface area contributed by atoms with E-state index in [2.05, 4.69) is 0 Å². The van der Waals surface area contributed by atoms with Crippen molar-refractivity contribution in [1.82, 2.24) is 0 Å². The van der Waals surface area contributed by atoms with Crippen LogP contribution in [0.1, 0.15) is 53.5 Å². The van der Waals surface area contributed by atoms with Gasteiger partial charge >= 0.3 is 12.4 Å². The summed E-state index contributed by atoms with van der Waals surface area (Å²) in [6.45, 7) is 4.85. The quantitative estimate of drug-likeness (QED) is 0.165. The Balaban J connectivity index is 1.37. The lowest BCUT2D eigenvalue weighted by Gasteiger charge is -2.49. The van der Waals surface area contributed by atoms with Crippen LogP contribution in [0.2, 0.25) is 5.02 Å². The molecule has 0 bridgehead atoms. The second kappa shape index (κ2) is 11.6. The summed E-state index contributed by atoms with van der Waals surface area (Å²) < 4.78 is 96.8. The van der Waals surface area contributed by atoms with Crippen molar-refractivity contribution in [2.24, 2.45) is 29.1 Å². The van der Waals surface area contributed by atoms with E-state index in [9.17, 15) is 55.0 Å². The van der Waals surface area contributed by atoms with Gasteiger partial charge in [-0.2, -0.15) is 26.3 Å². The molecule has 7 rings (SSSR count). The lowest BCUT2D eigenvalue weighted by Crippen LogP contribution is -2.49. The second-order valence-corrected chi connectivity index (χ2v) is 14.4. The van der Waals surface area contributed by atoms with E-state index in [1.807, 2.05) is 0 Å². The number of aryl methyl sites for hydroxylation is 2. The number of rotatable bonds is 3. The summed E-state index contributed by atoms with van der Waals surface area (Å²) in [7, 11) is 0. The summed E-state index contributed by atoms with van der Waals surface area (Å²) in [5.74, 6) is -9.68. The fourth-order valence-corrected chi connectivity index (χ4v) is 8.92. The molecule has 272 valence electrons. The summed E-state index contributed by atoms with van der Waals surface area (Å²) in [5, 5.41) is 10.2. The first-order valence-electron chi connectivity index (χ1n) is 16.2. The zero-order valence-corrected chi connectivity index (χ0v) is 28.3. The number of imide groups is 2. The number of fused-ring (bicyclic) bond motifs is 4. The first kappa shape index (κ1) is 35.7. The Labute approximate surface area is 296 Å². The molecule has 0 spiro atoms. The van der Waals surface area contributed by atoms with Crippen LogP contribution in [0.25, 0.3) is 0 Å². The first-order chi connectivity index (χ1) is 24.2. The van der Waals surface area contributed by atoms with E-state index in [4.69, 9.17) is 11.6 Å². The predicted molar refractivity (Wildman–Crippen MR) is 173 cm³/mol. The van der Waals surface area contributed by atoms with Gasteiger partial charge in [-0.3, -0.25) is 19.2 Å². The van der Waals surface area contributed by atoms with Crippen molar-refractivity contribution >= 4 is 46.6 Å². The SMILES string of the molecule is Cc1cc(C2C3=CCC4C(=O)N(c5cc(C(F)(F)F)cc(C(F)(F)F)c5)C(=O)C4C3CC3C(=O)N(c4ccc(F)c(Cl)c4)C(=O)C32C)cc(C)c1O. The predicted octanol–water partition coefficient (Wildman–Crippen LogP) is 8.27. The van der Waals surface area contributed by atoms with E-state index < -0.39 is 93.6 Å². The van der Waals surface area contributed by atoms with Gasteiger partial charge in [0.25, 0.3) is 0 Å². The maximum absolute atomic E-state index is 14.5. The van der Waals surface area contributed by atoms with E-state index in [0.29, 0.717) is 39.3 Å². The number of nitrogens with zero attached hydrogens (tertiary/aromatic N) is 2. The van der Waals surface area contributed by atoms with E-state index in [-0.39, 0.29) is 35.4 Å². The van der Waals surface area contributed by atoms with Gasteiger partial charge in [0.2, 0.25) is 23.6 Å². The third-order valence-electron chi connectivity index (χ3n) is 11.1. The third-order valence-corrected chi connectivity index (χ3v) is 11.4. The van der Waals surface area contributed by atoms with Crippen LogP contribution < -0.4 is 9.80 Å². The topological polar surface area (TPSA) is 95.0 Å².